The predicted octanol–water partition coefficient (Wildman–Crippen LogP) is 3.28. The number of nitrogens with zero attached hydrogens (tertiary/aromatic N) is 3. The number of rotatable bonds is 4. The van der Waals surface area contributed by atoms with Gasteiger partial charge in [-0.1, -0.05) is 19.1 Å². The van der Waals surface area contributed by atoms with E-state index in [2.05, 4.69) is 20.3 Å². The van der Waals surface area contributed by atoms with Crippen molar-refractivity contribution >= 4 is 27.5 Å². The van der Waals surface area contributed by atoms with Crippen LogP contribution >= 0.6 is 11.3 Å². The van der Waals surface area contributed by atoms with Gasteiger partial charge in [-0.15, -0.1) is 11.3 Å². The summed E-state index contributed by atoms with van der Waals surface area (Å²) in [6.07, 6.45) is 3.98. The largest absolute Gasteiger partial charge is 0.348 e. The molecule has 0 saturated heterocycles. The average Bonchev–Trinajstić information content (AvgIpc) is 2.98. The van der Waals surface area contributed by atoms with Gasteiger partial charge in [-0.3, -0.25) is 4.79 Å². The maximum atomic E-state index is 12.4. The highest BCUT2D eigenvalue weighted by molar-refractivity contribution is 7.21. The zero-order valence-corrected chi connectivity index (χ0v) is 13.2. The van der Waals surface area contributed by atoms with Crippen LogP contribution in [0.1, 0.15) is 30.8 Å². The first-order valence-corrected chi connectivity index (χ1v) is 7.98. The van der Waals surface area contributed by atoms with Gasteiger partial charge >= 0.3 is 0 Å². The van der Waals surface area contributed by atoms with E-state index in [4.69, 9.17) is 0 Å². The van der Waals surface area contributed by atoms with Crippen LogP contribution in [0.2, 0.25) is 0 Å². The lowest BCUT2D eigenvalue weighted by molar-refractivity contribution is 0.0934. The molecule has 3 rings (SSSR count). The van der Waals surface area contributed by atoms with Gasteiger partial charge in [0.2, 0.25) is 0 Å². The zero-order valence-electron chi connectivity index (χ0n) is 12.4. The number of aromatic nitrogens is 3. The van der Waals surface area contributed by atoms with Crippen LogP contribution in [-0.4, -0.2) is 26.9 Å². The maximum absolute atomic E-state index is 12.4. The molecular formula is C16H16N4OS. The van der Waals surface area contributed by atoms with Gasteiger partial charge in [-0.25, -0.2) is 15.0 Å². The predicted molar refractivity (Wildman–Crippen MR) is 87.9 cm³/mol. The van der Waals surface area contributed by atoms with Gasteiger partial charge in [-0.05, 0) is 25.5 Å². The van der Waals surface area contributed by atoms with Crippen molar-refractivity contribution in [3.8, 4) is 10.7 Å². The molecule has 0 aliphatic carbocycles. The van der Waals surface area contributed by atoms with Crippen molar-refractivity contribution in [2.24, 2.45) is 0 Å². The van der Waals surface area contributed by atoms with E-state index in [0.717, 1.165) is 16.6 Å². The normalized spacial score (nSPS) is 12.3. The van der Waals surface area contributed by atoms with Gasteiger partial charge in [-0.2, -0.15) is 0 Å². The summed E-state index contributed by atoms with van der Waals surface area (Å²) in [6.45, 7) is 3.99. The summed E-state index contributed by atoms with van der Waals surface area (Å²) < 4.78 is 1.07. The first-order chi connectivity index (χ1) is 10.7. The zero-order chi connectivity index (χ0) is 15.5. The molecule has 2 aromatic heterocycles. The molecule has 1 atom stereocenters. The van der Waals surface area contributed by atoms with Gasteiger partial charge in [0, 0.05) is 18.4 Å². The molecule has 22 heavy (non-hydrogen) atoms. The van der Waals surface area contributed by atoms with Crippen molar-refractivity contribution in [1.82, 2.24) is 20.3 Å². The van der Waals surface area contributed by atoms with Crippen molar-refractivity contribution in [3.05, 3.63) is 42.4 Å². The minimum absolute atomic E-state index is 0.0951. The van der Waals surface area contributed by atoms with Gasteiger partial charge < -0.3 is 5.32 Å². The minimum Gasteiger partial charge on any atom is -0.348 e. The van der Waals surface area contributed by atoms with Crippen LogP contribution < -0.4 is 5.32 Å². The SMILES string of the molecule is CC[C@@H](C)NC(=O)c1nccnc1-c1nc2ccccc2s1. The van der Waals surface area contributed by atoms with Crippen LogP contribution in [0, 0.1) is 0 Å². The molecule has 0 fully saturated rings. The maximum Gasteiger partial charge on any atom is 0.272 e. The second kappa shape index (κ2) is 6.19. The van der Waals surface area contributed by atoms with Gasteiger partial charge in [0.15, 0.2) is 5.69 Å². The molecule has 5 nitrogen and oxygen atoms in total. The molecule has 2 heterocycles. The number of fused-ring (bicyclic) bond motifs is 1. The lowest BCUT2D eigenvalue weighted by Crippen LogP contribution is -2.33. The van der Waals surface area contributed by atoms with Gasteiger partial charge in [0.25, 0.3) is 5.91 Å². The van der Waals surface area contributed by atoms with Crippen LogP contribution in [0.5, 0.6) is 0 Å². The summed E-state index contributed by atoms with van der Waals surface area (Å²) >= 11 is 1.51. The Morgan fingerprint density at radius 1 is 1.27 bits per heavy atom. The summed E-state index contributed by atoms with van der Waals surface area (Å²) in [5, 5.41) is 3.64. The van der Waals surface area contributed by atoms with Crippen molar-refractivity contribution in [3.63, 3.8) is 0 Å². The fourth-order valence-electron chi connectivity index (χ4n) is 2.03. The highest BCUT2D eigenvalue weighted by atomic mass is 32.1. The number of carbonyl (C=O) groups is 1. The van der Waals surface area contributed by atoms with E-state index in [1.165, 1.54) is 17.5 Å². The molecule has 0 saturated carbocycles. The third kappa shape index (κ3) is 2.82. The number of thiazole rings is 1. The van der Waals surface area contributed by atoms with E-state index in [0.29, 0.717) is 16.4 Å². The smallest absolute Gasteiger partial charge is 0.272 e. The molecule has 0 bridgehead atoms. The Balaban J connectivity index is 2.02. The molecule has 3 aromatic rings. The first kappa shape index (κ1) is 14.6. The quantitative estimate of drug-likeness (QED) is 0.802. The fraction of sp³-hybridized carbons (Fsp3) is 0.250. The minimum atomic E-state index is -0.211. The van der Waals surface area contributed by atoms with Crippen molar-refractivity contribution in [1.29, 1.82) is 0 Å². The topological polar surface area (TPSA) is 67.8 Å². The summed E-state index contributed by atoms with van der Waals surface area (Å²) in [5.41, 5.74) is 1.76. The number of para-hydroxylation sites is 1. The van der Waals surface area contributed by atoms with Crippen molar-refractivity contribution in [2.75, 3.05) is 0 Å². The fourth-order valence-corrected chi connectivity index (χ4v) is 2.99. The molecule has 0 aliphatic heterocycles. The molecule has 6 heteroatoms. The average molecular weight is 312 g/mol. The Bertz CT molecular complexity index is 782. The van der Waals surface area contributed by atoms with Crippen LogP contribution in [0.25, 0.3) is 20.9 Å². The van der Waals surface area contributed by atoms with Crippen molar-refractivity contribution < 1.29 is 4.79 Å². The number of amides is 1. The number of carbonyl (C=O) groups excluding carboxylic acids is 1. The summed E-state index contributed by atoms with van der Waals surface area (Å²) in [5.74, 6) is -0.211. The standard InChI is InChI=1S/C16H16N4OS/c1-3-10(2)19-15(21)13-14(18-9-8-17-13)16-20-11-6-4-5-7-12(11)22-16/h4-10H,3H2,1-2H3,(H,19,21)/t10-/m1/s1. The number of hydrogen-bond donors (Lipinski definition) is 1. The molecule has 0 unspecified atom stereocenters. The Morgan fingerprint density at radius 2 is 2.05 bits per heavy atom. The summed E-state index contributed by atoms with van der Waals surface area (Å²) in [4.78, 5) is 25.5. The van der Waals surface area contributed by atoms with Gasteiger partial charge in [0.1, 0.15) is 10.7 Å². The van der Waals surface area contributed by atoms with E-state index in [-0.39, 0.29) is 11.9 Å². The molecule has 1 N–H and O–H groups in total. The molecule has 1 amide bonds. The summed E-state index contributed by atoms with van der Waals surface area (Å²) in [7, 11) is 0. The lowest BCUT2D eigenvalue weighted by atomic mass is 10.2. The second-order valence-corrected chi connectivity index (χ2v) is 6.05. The van der Waals surface area contributed by atoms with E-state index < -0.39 is 0 Å². The molecular weight excluding hydrogens is 296 g/mol. The highest BCUT2D eigenvalue weighted by Crippen LogP contribution is 2.29. The molecule has 112 valence electrons. The number of benzene rings is 1. The third-order valence-corrected chi connectivity index (χ3v) is 4.44. The lowest BCUT2D eigenvalue weighted by Gasteiger charge is -2.11. The Kier molecular flexibility index (Phi) is 4.11. The van der Waals surface area contributed by atoms with Crippen molar-refractivity contribution in [2.45, 2.75) is 26.3 Å². The second-order valence-electron chi connectivity index (χ2n) is 5.02. The molecule has 0 radical (unpaired) electrons. The Labute approximate surface area is 132 Å². The van der Waals surface area contributed by atoms with E-state index in [1.807, 2.05) is 38.1 Å². The van der Waals surface area contributed by atoms with Crippen LogP contribution in [0.15, 0.2) is 36.7 Å². The Morgan fingerprint density at radius 3 is 2.82 bits per heavy atom. The first-order valence-electron chi connectivity index (χ1n) is 7.17. The highest BCUT2D eigenvalue weighted by Gasteiger charge is 2.19. The number of nitrogens with one attached hydrogen (secondary N) is 1. The van der Waals surface area contributed by atoms with Crippen LogP contribution in [0.3, 0.4) is 0 Å². The number of hydrogen-bond acceptors (Lipinski definition) is 5. The Hall–Kier alpha value is -2.34. The molecule has 1 aromatic carbocycles. The van der Waals surface area contributed by atoms with Gasteiger partial charge in [0.05, 0.1) is 10.2 Å². The third-order valence-electron chi connectivity index (χ3n) is 3.40. The van der Waals surface area contributed by atoms with E-state index >= 15 is 0 Å². The monoisotopic (exact) mass is 312 g/mol. The van der Waals surface area contributed by atoms with E-state index in [1.54, 1.807) is 6.20 Å². The van der Waals surface area contributed by atoms with Crippen LogP contribution in [-0.2, 0) is 0 Å². The van der Waals surface area contributed by atoms with E-state index in [9.17, 15) is 4.79 Å². The molecule has 0 aliphatic rings. The van der Waals surface area contributed by atoms with Crippen LogP contribution in [0.4, 0.5) is 0 Å². The molecule has 0 spiro atoms. The summed E-state index contributed by atoms with van der Waals surface area (Å²) in [6, 6.07) is 7.96.